The summed E-state index contributed by atoms with van der Waals surface area (Å²) in [6.45, 7) is 3.84. The van der Waals surface area contributed by atoms with Crippen LogP contribution in [-0.2, 0) is 0 Å². The number of carbonyl (C=O) groups excluding carboxylic acids is 1. The van der Waals surface area contributed by atoms with E-state index in [1.54, 1.807) is 53.5 Å². The summed E-state index contributed by atoms with van der Waals surface area (Å²) in [5.41, 5.74) is 1.33. The van der Waals surface area contributed by atoms with E-state index in [0.717, 1.165) is 0 Å². The molecule has 0 saturated heterocycles. The van der Waals surface area contributed by atoms with E-state index < -0.39 is 0 Å². The number of nitrogens with one attached hydrogen (secondary N) is 1. The smallest absolute Gasteiger partial charge is 0.274 e. The van der Waals surface area contributed by atoms with Crippen LogP contribution in [0.2, 0.25) is 0 Å². The van der Waals surface area contributed by atoms with Gasteiger partial charge >= 0.3 is 0 Å². The molecule has 23 heavy (non-hydrogen) atoms. The van der Waals surface area contributed by atoms with Crippen molar-refractivity contribution in [1.29, 1.82) is 0 Å². The van der Waals surface area contributed by atoms with Crippen LogP contribution in [0.15, 0.2) is 53.7 Å². The first-order valence-corrected chi connectivity index (χ1v) is 7.29. The first kappa shape index (κ1) is 14.9. The first-order chi connectivity index (χ1) is 11.1. The Morgan fingerprint density at radius 2 is 2.00 bits per heavy atom. The molecule has 0 fully saturated rings. The number of amides is 1. The molecule has 1 aromatic carbocycles. The molecule has 1 amide bonds. The molecule has 6 heteroatoms. The minimum Gasteiger partial charge on any atom is -0.321 e. The summed E-state index contributed by atoms with van der Waals surface area (Å²) in [5.74, 6) is -0.321. The normalized spacial score (nSPS) is 10.9. The Morgan fingerprint density at radius 3 is 2.70 bits per heavy atom. The van der Waals surface area contributed by atoms with Gasteiger partial charge in [-0.05, 0) is 44.2 Å². The Labute approximate surface area is 132 Å². The second-order valence-corrected chi connectivity index (χ2v) is 5.45. The van der Waals surface area contributed by atoms with Crippen molar-refractivity contribution >= 4 is 22.5 Å². The summed E-state index contributed by atoms with van der Waals surface area (Å²) < 4.78 is 1.56. The van der Waals surface area contributed by atoms with Crippen molar-refractivity contribution in [3.63, 3.8) is 0 Å². The molecule has 1 N–H and O–H groups in total. The number of pyridine rings is 1. The zero-order valence-corrected chi connectivity index (χ0v) is 12.9. The maximum absolute atomic E-state index is 12.5. The van der Waals surface area contributed by atoms with Crippen LogP contribution in [0.4, 0.5) is 5.69 Å². The number of rotatable bonds is 3. The van der Waals surface area contributed by atoms with Crippen LogP contribution in [0, 0.1) is 0 Å². The van der Waals surface area contributed by atoms with Crippen molar-refractivity contribution in [3.8, 4) is 0 Å². The van der Waals surface area contributed by atoms with Gasteiger partial charge in [0.2, 0.25) is 0 Å². The Balaban J connectivity index is 1.98. The number of benzene rings is 1. The molecule has 6 nitrogen and oxygen atoms in total. The number of hydrogen-bond acceptors (Lipinski definition) is 4. The van der Waals surface area contributed by atoms with E-state index in [4.69, 9.17) is 0 Å². The minimum atomic E-state index is -0.321. The van der Waals surface area contributed by atoms with Crippen molar-refractivity contribution in [1.82, 2.24) is 14.5 Å². The lowest BCUT2D eigenvalue weighted by atomic mass is 10.2. The summed E-state index contributed by atoms with van der Waals surface area (Å²) >= 11 is 0. The molecule has 3 rings (SSSR count). The van der Waals surface area contributed by atoms with Crippen LogP contribution < -0.4 is 10.9 Å². The molecule has 0 saturated carbocycles. The predicted octanol–water partition coefficient (Wildman–Crippen LogP) is 2.62. The molecule has 2 aromatic heterocycles. The van der Waals surface area contributed by atoms with Gasteiger partial charge in [-0.1, -0.05) is 6.07 Å². The first-order valence-electron chi connectivity index (χ1n) is 7.29. The third kappa shape index (κ3) is 2.96. The number of aromatic nitrogens is 3. The number of nitrogens with zero attached hydrogens (tertiary/aromatic N) is 3. The number of carbonyl (C=O) groups is 1. The fraction of sp³-hybridized carbons (Fsp3) is 0.176. The Kier molecular flexibility index (Phi) is 3.89. The summed E-state index contributed by atoms with van der Waals surface area (Å²) in [6, 6.07) is 10.2. The summed E-state index contributed by atoms with van der Waals surface area (Å²) in [4.78, 5) is 32.9. The molecular weight excluding hydrogens is 292 g/mol. The van der Waals surface area contributed by atoms with Gasteiger partial charge in [-0.15, -0.1) is 0 Å². The molecule has 116 valence electrons. The lowest BCUT2D eigenvalue weighted by Crippen LogP contribution is -2.22. The monoisotopic (exact) mass is 308 g/mol. The second kappa shape index (κ2) is 6.00. The molecule has 2 heterocycles. The van der Waals surface area contributed by atoms with Crippen LogP contribution in [0.25, 0.3) is 10.9 Å². The van der Waals surface area contributed by atoms with Crippen LogP contribution in [0.3, 0.4) is 0 Å². The molecule has 3 aromatic rings. The molecular formula is C17H16N4O2. The average molecular weight is 308 g/mol. The van der Waals surface area contributed by atoms with Gasteiger partial charge in [0.1, 0.15) is 5.69 Å². The highest BCUT2D eigenvalue weighted by Crippen LogP contribution is 2.16. The quantitative estimate of drug-likeness (QED) is 0.807. The zero-order chi connectivity index (χ0) is 16.4. The Bertz CT molecular complexity index is 917. The lowest BCUT2D eigenvalue weighted by Gasteiger charge is -2.11. The van der Waals surface area contributed by atoms with Crippen LogP contribution in [0.5, 0.6) is 0 Å². The largest absolute Gasteiger partial charge is 0.321 e. The molecule has 0 radical (unpaired) electrons. The number of hydrogen-bond donors (Lipinski definition) is 1. The van der Waals surface area contributed by atoms with Gasteiger partial charge in [0.15, 0.2) is 0 Å². The standard InChI is InChI=1S/C17H16N4O2/c1-11(2)21-10-19-14-7-6-12(9-13(14)17(21)23)20-16(22)15-5-3-4-8-18-15/h3-11H,1-2H3,(H,20,22). The molecule has 0 atom stereocenters. The van der Waals surface area contributed by atoms with Crippen molar-refractivity contribution < 1.29 is 4.79 Å². The van der Waals surface area contributed by atoms with E-state index in [9.17, 15) is 9.59 Å². The summed E-state index contributed by atoms with van der Waals surface area (Å²) in [7, 11) is 0. The van der Waals surface area contributed by atoms with E-state index in [0.29, 0.717) is 22.3 Å². The van der Waals surface area contributed by atoms with Gasteiger partial charge in [-0.2, -0.15) is 0 Å². The van der Waals surface area contributed by atoms with Crippen molar-refractivity contribution in [3.05, 3.63) is 65.0 Å². The molecule has 0 aliphatic rings. The highest BCUT2D eigenvalue weighted by molar-refractivity contribution is 6.03. The van der Waals surface area contributed by atoms with E-state index in [1.165, 1.54) is 0 Å². The predicted molar refractivity (Wildman–Crippen MR) is 88.6 cm³/mol. The van der Waals surface area contributed by atoms with Gasteiger partial charge in [0.05, 0.1) is 17.2 Å². The van der Waals surface area contributed by atoms with Crippen LogP contribution >= 0.6 is 0 Å². The van der Waals surface area contributed by atoms with Gasteiger partial charge in [-0.25, -0.2) is 4.98 Å². The van der Waals surface area contributed by atoms with Gasteiger partial charge in [-0.3, -0.25) is 19.1 Å². The average Bonchev–Trinajstić information content (AvgIpc) is 2.56. The highest BCUT2D eigenvalue weighted by atomic mass is 16.2. The maximum Gasteiger partial charge on any atom is 0.274 e. The Hall–Kier alpha value is -3.02. The topological polar surface area (TPSA) is 76.9 Å². The highest BCUT2D eigenvalue weighted by Gasteiger charge is 2.10. The van der Waals surface area contributed by atoms with Crippen LogP contribution in [0.1, 0.15) is 30.4 Å². The second-order valence-electron chi connectivity index (χ2n) is 5.45. The SMILES string of the molecule is CC(C)n1cnc2ccc(NC(=O)c3ccccn3)cc2c1=O. The van der Waals surface area contributed by atoms with Gasteiger partial charge in [0.25, 0.3) is 11.5 Å². The maximum atomic E-state index is 12.5. The van der Waals surface area contributed by atoms with Gasteiger partial charge < -0.3 is 5.32 Å². The van der Waals surface area contributed by atoms with E-state index in [1.807, 2.05) is 13.8 Å². The molecule has 0 spiro atoms. The van der Waals surface area contributed by atoms with Crippen molar-refractivity contribution in [2.24, 2.45) is 0 Å². The summed E-state index contributed by atoms with van der Waals surface area (Å²) in [5, 5.41) is 3.22. The van der Waals surface area contributed by atoms with E-state index in [2.05, 4.69) is 15.3 Å². The minimum absolute atomic E-state index is 0.0196. The number of fused-ring (bicyclic) bond motifs is 1. The third-order valence-corrected chi connectivity index (χ3v) is 3.49. The molecule has 0 bridgehead atoms. The van der Waals surface area contributed by atoms with Crippen molar-refractivity contribution in [2.75, 3.05) is 5.32 Å². The van der Waals surface area contributed by atoms with Crippen molar-refractivity contribution in [2.45, 2.75) is 19.9 Å². The molecule has 0 aliphatic carbocycles. The van der Waals surface area contributed by atoms with E-state index >= 15 is 0 Å². The Morgan fingerprint density at radius 1 is 1.17 bits per heavy atom. The molecule has 0 aliphatic heterocycles. The lowest BCUT2D eigenvalue weighted by molar-refractivity contribution is 0.102. The third-order valence-electron chi connectivity index (χ3n) is 3.49. The zero-order valence-electron chi connectivity index (χ0n) is 12.9. The fourth-order valence-electron chi connectivity index (χ4n) is 2.27. The fourth-order valence-corrected chi connectivity index (χ4v) is 2.27. The van der Waals surface area contributed by atoms with Gasteiger partial charge in [0, 0.05) is 17.9 Å². The number of anilines is 1. The van der Waals surface area contributed by atoms with Crippen LogP contribution in [-0.4, -0.2) is 20.4 Å². The molecule has 0 unspecified atom stereocenters. The summed E-state index contributed by atoms with van der Waals surface area (Å²) in [6.07, 6.45) is 3.10. The van der Waals surface area contributed by atoms with E-state index in [-0.39, 0.29) is 17.5 Å².